The van der Waals surface area contributed by atoms with E-state index in [0.29, 0.717) is 5.56 Å². The molecule has 0 aromatic heterocycles. The summed E-state index contributed by atoms with van der Waals surface area (Å²) in [5, 5.41) is 14.1. The number of nitro groups is 1. The fraction of sp³-hybridized carbons (Fsp3) is 0.462. The minimum Gasteiger partial charge on any atom is -0.468 e. The van der Waals surface area contributed by atoms with Crippen molar-refractivity contribution >= 4 is 5.97 Å². The zero-order valence-corrected chi connectivity index (χ0v) is 11.1. The van der Waals surface area contributed by atoms with Gasteiger partial charge in [0, 0.05) is 4.92 Å². The number of rotatable bonds is 3. The molecule has 4 atom stereocenters. The predicted molar refractivity (Wildman–Crippen MR) is 68.3 cm³/mol. The second-order valence-corrected chi connectivity index (χ2v) is 4.81. The van der Waals surface area contributed by atoms with E-state index in [2.05, 4.69) is 10.1 Å². The van der Waals surface area contributed by atoms with Gasteiger partial charge in [0.1, 0.15) is 11.9 Å². The molecule has 0 saturated carbocycles. The number of hydrogen-bond donors (Lipinski definition) is 1. The number of carbonyl (C=O) groups is 1. The van der Waals surface area contributed by atoms with Crippen LogP contribution in [0.4, 0.5) is 4.39 Å². The van der Waals surface area contributed by atoms with Crippen LogP contribution in [0.25, 0.3) is 0 Å². The van der Waals surface area contributed by atoms with Gasteiger partial charge in [-0.2, -0.15) is 0 Å². The van der Waals surface area contributed by atoms with Gasteiger partial charge in [-0.3, -0.25) is 20.2 Å². The third-order valence-electron chi connectivity index (χ3n) is 3.64. The minimum absolute atomic E-state index is 0.408. The molecular weight excluding hydrogens is 267 g/mol. The van der Waals surface area contributed by atoms with Crippen LogP contribution in [-0.2, 0) is 9.53 Å². The first-order valence-electron chi connectivity index (χ1n) is 6.18. The molecule has 6 nitrogen and oxygen atoms in total. The number of carbonyl (C=O) groups excluding carboxylic acids is 1. The molecule has 1 fully saturated rings. The van der Waals surface area contributed by atoms with Gasteiger partial charge in [0.25, 0.3) is 0 Å². The molecule has 2 rings (SSSR count). The number of nitrogens with zero attached hydrogens (tertiary/aromatic N) is 1. The molecule has 0 spiro atoms. The van der Waals surface area contributed by atoms with Crippen molar-refractivity contribution in [3.05, 3.63) is 45.8 Å². The van der Waals surface area contributed by atoms with E-state index >= 15 is 0 Å². The molecule has 1 aromatic rings. The van der Waals surface area contributed by atoms with Crippen LogP contribution in [0.2, 0.25) is 0 Å². The van der Waals surface area contributed by atoms with Crippen molar-refractivity contribution in [3.8, 4) is 0 Å². The first-order chi connectivity index (χ1) is 9.45. The molecule has 1 saturated heterocycles. The Labute approximate surface area is 115 Å². The van der Waals surface area contributed by atoms with Gasteiger partial charge in [0.2, 0.25) is 6.04 Å². The zero-order chi connectivity index (χ0) is 14.9. The average Bonchev–Trinajstić information content (AvgIpc) is 2.76. The second kappa shape index (κ2) is 5.54. The standard InChI is InChI=1S/C13H15FN2O4/c1-7-12(16(18)19)10(11(15-7)13(17)20-2)8-3-5-9(14)6-4-8/h3-7,10-12,15H,1-2H3/t7-,10-,11-,12-/m1/s1. The van der Waals surface area contributed by atoms with Crippen LogP contribution in [0.3, 0.4) is 0 Å². The first-order valence-corrected chi connectivity index (χ1v) is 6.18. The molecule has 1 aliphatic heterocycles. The number of halogens is 1. The van der Waals surface area contributed by atoms with Gasteiger partial charge < -0.3 is 4.74 Å². The lowest BCUT2D eigenvalue weighted by molar-refractivity contribution is -0.525. The molecular formula is C13H15FN2O4. The van der Waals surface area contributed by atoms with Crippen LogP contribution in [0.5, 0.6) is 0 Å². The van der Waals surface area contributed by atoms with Crippen LogP contribution >= 0.6 is 0 Å². The molecule has 0 unspecified atom stereocenters. The Morgan fingerprint density at radius 3 is 2.50 bits per heavy atom. The highest BCUT2D eigenvalue weighted by atomic mass is 19.1. The third-order valence-corrected chi connectivity index (χ3v) is 3.64. The van der Waals surface area contributed by atoms with Crippen molar-refractivity contribution in [2.45, 2.75) is 31.0 Å². The van der Waals surface area contributed by atoms with Gasteiger partial charge >= 0.3 is 5.97 Å². The van der Waals surface area contributed by atoms with Gasteiger partial charge in [-0.1, -0.05) is 12.1 Å². The quantitative estimate of drug-likeness (QED) is 0.510. The van der Waals surface area contributed by atoms with E-state index in [1.165, 1.54) is 31.4 Å². The maximum Gasteiger partial charge on any atom is 0.323 e. The Balaban J connectivity index is 2.42. The second-order valence-electron chi connectivity index (χ2n) is 4.81. The van der Waals surface area contributed by atoms with Crippen molar-refractivity contribution in [2.75, 3.05) is 7.11 Å². The van der Waals surface area contributed by atoms with E-state index in [1.54, 1.807) is 6.92 Å². The highest BCUT2D eigenvalue weighted by Crippen LogP contribution is 2.33. The Bertz CT molecular complexity index is 520. The van der Waals surface area contributed by atoms with E-state index in [4.69, 9.17) is 0 Å². The number of esters is 1. The maximum atomic E-state index is 13.0. The summed E-state index contributed by atoms with van der Waals surface area (Å²) < 4.78 is 17.7. The van der Waals surface area contributed by atoms with Crippen LogP contribution in [0.15, 0.2) is 24.3 Å². The number of nitrogens with one attached hydrogen (secondary N) is 1. The molecule has 1 aliphatic rings. The number of benzene rings is 1. The number of hydrogen-bond acceptors (Lipinski definition) is 5. The summed E-state index contributed by atoms with van der Waals surface area (Å²) in [7, 11) is 1.23. The van der Waals surface area contributed by atoms with E-state index in [1.807, 2.05) is 0 Å². The van der Waals surface area contributed by atoms with Crippen LogP contribution < -0.4 is 5.32 Å². The van der Waals surface area contributed by atoms with Crippen molar-refractivity contribution in [2.24, 2.45) is 0 Å². The van der Waals surface area contributed by atoms with Crippen molar-refractivity contribution in [3.63, 3.8) is 0 Å². The summed E-state index contributed by atoms with van der Waals surface area (Å²) in [5.74, 6) is -1.68. The third kappa shape index (κ3) is 2.49. The topological polar surface area (TPSA) is 81.5 Å². The number of methoxy groups -OCH3 is 1. The van der Waals surface area contributed by atoms with Crippen molar-refractivity contribution in [1.82, 2.24) is 5.32 Å². The SMILES string of the molecule is COC(=O)[C@@H]1N[C@H](C)[C@@H]([N+](=O)[O-])[C@@H]1c1ccc(F)cc1. The molecule has 20 heavy (non-hydrogen) atoms. The lowest BCUT2D eigenvalue weighted by Crippen LogP contribution is -2.37. The molecule has 108 valence electrons. The summed E-state index contributed by atoms with van der Waals surface area (Å²) in [5.41, 5.74) is 0.542. The minimum atomic E-state index is -0.968. The van der Waals surface area contributed by atoms with E-state index < -0.39 is 40.8 Å². The summed E-state index contributed by atoms with van der Waals surface area (Å²) in [6.07, 6.45) is 0. The van der Waals surface area contributed by atoms with Crippen LogP contribution in [0.1, 0.15) is 18.4 Å². The van der Waals surface area contributed by atoms with Gasteiger partial charge in [-0.15, -0.1) is 0 Å². The molecule has 7 heteroatoms. The van der Waals surface area contributed by atoms with E-state index in [-0.39, 0.29) is 0 Å². The van der Waals surface area contributed by atoms with Gasteiger partial charge in [0.15, 0.2) is 0 Å². The van der Waals surface area contributed by atoms with Crippen LogP contribution in [-0.4, -0.2) is 36.1 Å². The lowest BCUT2D eigenvalue weighted by atomic mass is 9.87. The molecule has 1 aromatic carbocycles. The fourth-order valence-corrected chi connectivity index (χ4v) is 2.72. The molecule has 0 radical (unpaired) electrons. The van der Waals surface area contributed by atoms with Crippen LogP contribution in [0, 0.1) is 15.9 Å². The number of ether oxygens (including phenoxy) is 1. The highest BCUT2D eigenvalue weighted by Gasteiger charge is 2.52. The molecule has 0 amide bonds. The lowest BCUT2D eigenvalue weighted by Gasteiger charge is -2.18. The summed E-state index contributed by atoms with van der Waals surface area (Å²) >= 11 is 0. The monoisotopic (exact) mass is 282 g/mol. The van der Waals surface area contributed by atoms with Gasteiger partial charge in [0.05, 0.1) is 19.1 Å². The smallest absolute Gasteiger partial charge is 0.323 e. The van der Waals surface area contributed by atoms with E-state index in [9.17, 15) is 19.3 Å². The molecule has 1 N–H and O–H groups in total. The van der Waals surface area contributed by atoms with E-state index in [0.717, 1.165) is 0 Å². The van der Waals surface area contributed by atoms with Crippen molar-refractivity contribution < 1.29 is 18.8 Å². The molecule has 1 heterocycles. The Kier molecular flexibility index (Phi) is 3.99. The summed E-state index contributed by atoms with van der Waals surface area (Å²) in [6, 6.07) is 3.12. The largest absolute Gasteiger partial charge is 0.468 e. The molecule has 0 aliphatic carbocycles. The zero-order valence-electron chi connectivity index (χ0n) is 11.1. The first kappa shape index (κ1) is 14.4. The average molecular weight is 282 g/mol. The predicted octanol–water partition coefficient (Wildman–Crippen LogP) is 1.09. The fourth-order valence-electron chi connectivity index (χ4n) is 2.72. The van der Waals surface area contributed by atoms with Gasteiger partial charge in [-0.05, 0) is 24.6 Å². The normalized spacial score (nSPS) is 29.1. The summed E-state index contributed by atoms with van der Waals surface area (Å²) in [6.45, 7) is 1.65. The molecule has 0 bridgehead atoms. The Morgan fingerprint density at radius 2 is 2.00 bits per heavy atom. The summed E-state index contributed by atoms with van der Waals surface area (Å²) in [4.78, 5) is 22.6. The Morgan fingerprint density at radius 1 is 1.40 bits per heavy atom. The highest BCUT2D eigenvalue weighted by molar-refractivity contribution is 5.78. The van der Waals surface area contributed by atoms with Gasteiger partial charge in [-0.25, -0.2) is 4.39 Å². The maximum absolute atomic E-state index is 13.0. The Hall–Kier alpha value is -2.02. The van der Waals surface area contributed by atoms with Crippen molar-refractivity contribution in [1.29, 1.82) is 0 Å².